The Morgan fingerprint density at radius 1 is 1.52 bits per heavy atom. The third-order valence-corrected chi connectivity index (χ3v) is 3.25. The summed E-state index contributed by atoms with van der Waals surface area (Å²) in [5.41, 5.74) is 0.333. The zero-order valence-corrected chi connectivity index (χ0v) is 11.1. The highest BCUT2D eigenvalue weighted by molar-refractivity contribution is 5.95. The van der Waals surface area contributed by atoms with Gasteiger partial charge >= 0.3 is 0 Å². The molecule has 6 nitrogen and oxygen atoms in total. The molecule has 3 rings (SSSR count). The minimum atomic E-state index is -0.474. The number of rotatable bonds is 3. The Hall–Kier alpha value is -2.41. The fourth-order valence-electron chi connectivity index (χ4n) is 2.18. The molecule has 0 radical (unpaired) electrons. The molecule has 0 saturated carbocycles. The Labute approximate surface area is 120 Å². The molecule has 0 aliphatic carbocycles. The van der Waals surface area contributed by atoms with Crippen molar-refractivity contribution in [3.8, 4) is 11.4 Å². The summed E-state index contributed by atoms with van der Waals surface area (Å²) >= 11 is 0. The third kappa shape index (κ3) is 2.87. The minimum absolute atomic E-state index is 0.0729. The van der Waals surface area contributed by atoms with Crippen LogP contribution in [0.3, 0.4) is 0 Å². The lowest BCUT2D eigenvalue weighted by Gasteiger charge is -2.08. The first kappa shape index (κ1) is 13.6. The minimum Gasteiger partial charge on any atom is -0.504 e. The predicted octanol–water partition coefficient (Wildman–Crippen LogP) is 1.24. The van der Waals surface area contributed by atoms with E-state index < -0.39 is 11.7 Å². The van der Waals surface area contributed by atoms with Crippen LogP contribution < -0.4 is 5.32 Å². The Morgan fingerprint density at radius 3 is 3.10 bits per heavy atom. The fraction of sp³-hybridized carbons (Fsp3) is 0.286. The second-order valence-corrected chi connectivity index (χ2v) is 4.82. The van der Waals surface area contributed by atoms with Crippen molar-refractivity contribution in [1.82, 2.24) is 15.1 Å². The summed E-state index contributed by atoms with van der Waals surface area (Å²) in [7, 11) is 0. The van der Waals surface area contributed by atoms with E-state index >= 15 is 0 Å². The van der Waals surface area contributed by atoms with Gasteiger partial charge in [0, 0.05) is 6.61 Å². The number of aromatic hydroxyl groups is 1. The van der Waals surface area contributed by atoms with E-state index in [2.05, 4.69) is 10.4 Å². The van der Waals surface area contributed by atoms with Crippen LogP contribution in [0.1, 0.15) is 16.9 Å². The molecule has 1 aliphatic heterocycles. The highest BCUT2D eigenvalue weighted by Crippen LogP contribution is 2.19. The van der Waals surface area contributed by atoms with Crippen LogP contribution in [-0.2, 0) is 4.74 Å². The number of nitrogens with one attached hydrogen (secondary N) is 1. The van der Waals surface area contributed by atoms with Gasteiger partial charge in [0.25, 0.3) is 5.91 Å². The number of amides is 1. The molecule has 1 aliphatic rings. The number of benzene rings is 1. The summed E-state index contributed by atoms with van der Waals surface area (Å²) in [4.78, 5) is 12.1. The number of ether oxygens (including phenoxy) is 1. The molecule has 0 unspecified atom stereocenters. The van der Waals surface area contributed by atoms with Crippen molar-refractivity contribution >= 4 is 5.91 Å². The summed E-state index contributed by atoms with van der Waals surface area (Å²) < 4.78 is 19.6. The number of hydrogen-bond donors (Lipinski definition) is 2. The van der Waals surface area contributed by atoms with Crippen LogP contribution in [0.5, 0.6) is 5.75 Å². The molecule has 1 amide bonds. The first-order valence-electron chi connectivity index (χ1n) is 6.56. The standard InChI is InChI=1S/C14H14FN3O3/c15-9-2-1-3-11(6-9)18-7-12(19)13(17-18)14(20)16-10-4-5-21-8-10/h1-3,6-7,10,19H,4-5,8H2,(H,16,20)/t10-/m1/s1. The van der Waals surface area contributed by atoms with Gasteiger partial charge in [-0.1, -0.05) is 6.07 Å². The molecule has 1 saturated heterocycles. The average molecular weight is 291 g/mol. The zero-order chi connectivity index (χ0) is 14.8. The van der Waals surface area contributed by atoms with Crippen LogP contribution in [0.25, 0.3) is 5.69 Å². The van der Waals surface area contributed by atoms with Gasteiger partial charge in [-0.15, -0.1) is 0 Å². The van der Waals surface area contributed by atoms with Gasteiger partial charge in [0.05, 0.1) is 24.5 Å². The number of halogens is 1. The lowest BCUT2D eigenvalue weighted by atomic mass is 10.2. The average Bonchev–Trinajstić information content (AvgIpc) is 3.08. The third-order valence-electron chi connectivity index (χ3n) is 3.25. The molecule has 0 bridgehead atoms. The van der Waals surface area contributed by atoms with Crippen LogP contribution in [0.15, 0.2) is 30.5 Å². The maximum atomic E-state index is 13.2. The number of carbonyl (C=O) groups is 1. The van der Waals surface area contributed by atoms with Crippen molar-refractivity contribution in [1.29, 1.82) is 0 Å². The van der Waals surface area contributed by atoms with E-state index in [4.69, 9.17) is 4.74 Å². The predicted molar refractivity (Wildman–Crippen MR) is 71.9 cm³/mol. The van der Waals surface area contributed by atoms with Gasteiger partial charge < -0.3 is 15.2 Å². The van der Waals surface area contributed by atoms with E-state index in [0.717, 1.165) is 6.42 Å². The topological polar surface area (TPSA) is 76.4 Å². The van der Waals surface area contributed by atoms with E-state index in [9.17, 15) is 14.3 Å². The molecule has 21 heavy (non-hydrogen) atoms. The Balaban J connectivity index is 1.82. The normalized spacial score (nSPS) is 17.9. The van der Waals surface area contributed by atoms with Crippen LogP contribution in [-0.4, -0.2) is 40.0 Å². The zero-order valence-electron chi connectivity index (χ0n) is 11.1. The summed E-state index contributed by atoms with van der Waals surface area (Å²) in [5.74, 6) is -1.15. The molecule has 1 aromatic heterocycles. The van der Waals surface area contributed by atoms with Crippen molar-refractivity contribution in [3.05, 3.63) is 42.0 Å². The van der Waals surface area contributed by atoms with Crippen LogP contribution in [0, 0.1) is 5.82 Å². The number of hydrogen-bond acceptors (Lipinski definition) is 4. The number of carbonyl (C=O) groups excluding carboxylic acids is 1. The van der Waals surface area contributed by atoms with Crippen LogP contribution in [0.2, 0.25) is 0 Å². The Bertz CT molecular complexity index is 665. The van der Waals surface area contributed by atoms with E-state index in [-0.39, 0.29) is 17.5 Å². The van der Waals surface area contributed by atoms with Crippen molar-refractivity contribution < 1.29 is 19.0 Å². The maximum Gasteiger partial charge on any atom is 0.275 e. The summed E-state index contributed by atoms with van der Waals surface area (Å²) in [5, 5.41) is 16.6. The second-order valence-electron chi connectivity index (χ2n) is 4.82. The quantitative estimate of drug-likeness (QED) is 0.892. The number of nitrogens with zero attached hydrogens (tertiary/aromatic N) is 2. The molecular weight excluding hydrogens is 277 g/mol. The monoisotopic (exact) mass is 291 g/mol. The van der Waals surface area contributed by atoms with Crippen molar-refractivity contribution in [2.24, 2.45) is 0 Å². The molecule has 110 valence electrons. The van der Waals surface area contributed by atoms with E-state index in [0.29, 0.717) is 18.9 Å². The largest absolute Gasteiger partial charge is 0.504 e. The van der Waals surface area contributed by atoms with E-state index in [1.807, 2.05) is 0 Å². The Kier molecular flexibility index (Phi) is 3.57. The van der Waals surface area contributed by atoms with Gasteiger partial charge in [-0.3, -0.25) is 4.79 Å². The van der Waals surface area contributed by atoms with Gasteiger partial charge in [-0.2, -0.15) is 5.10 Å². The smallest absolute Gasteiger partial charge is 0.275 e. The molecular formula is C14H14FN3O3. The molecule has 1 aromatic carbocycles. The first-order valence-corrected chi connectivity index (χ1v) is 6.56. The molecule has 1 fully saturated rings. The Morgan fingerprint density at radius 2 is 2.38 bits per heavy atom. The molecule has 2 N–H and O–H groups in total. The first-order chi connectivity index (χ1) is 10.1. The summed E-state index contributed by atoms with van der Waals surface area (Å²) in [6, 6.07) is 5.65. The molecule has 2 heterocycles. The van der Waals surface area contributed by atoms with Gasteiger partial charge in [-0.25, -0.2) is 9.07 Å². The second kappa shape index (κ2) is 5.53. The van der Waals surface area contributed by atoms with E-state index in [1.165, 1.54) is 29.1 Å². The maximum absolute atomic E-state index is 13.2. The van der Waals surface area contributed by atoms with E-state index in [1.54, 1.807) is 6.07 Å². The van der Waals surface area contributed by atoms with Crippen LogP contribution in [0.4, 0.5) is 4.39 Å². The lowest BCUT2D eigenvalue weighted by Crippen LogP contribution is -2.35. The van der Waals surface area contributed by atoms with Gasteiger partial charge in [0.2, 0.25) is 0 Å². The van der Waals surface area contributed by atoms with Crippen molar-refractivity contribution in [2.75, 3.05) is 13.2 Å². The summed E-state index contributed by atoms with van der Waals surface area (Å²) in [6.07, 6.45) is 2.01. The number of aromatic nitrogens is 2. The van der Waals surface area contributed by atoms with Gasteiger partial charge in [0.1, 0.15) is 5.82 Å². The van der Waals surface area contributed by atoms with Gasteiger partial charge in [0.15, 0.2) is 11.4 Å². The molecule has 1 atom stereocenters. The summed E-state index contributed by atoms with van der Waals surface area (Å²) in [6.45, 7) is 1.06. The molecule has 0 spiro atoms. The highest BCUT2D eigenvalue weighted by Gasteiger charge is 2.23. The van der Waals surface area contributed by atoms with Gasteiger partial charge in [-0.05, 0) is 24.6 Å². The van der Waals surface area contributed by atoms with Crippen molar-refractivity contribution in [2.45, 2.75) is 12.5 Å². The fourth-order valence-corrected chi connectivity index (χ4v) is 2.18. The highest BCUT2D eigenvalue weighted by atomic mass is 19.1. The lowest BCUT2D eigenvalue weighted by molar-refractivity contribution is 0.0922. The van der Waals surface area contributed by atoms with Crippen molar-refractivity contribution in [3.63, 3.8) is 0 Å². The molecule has 2 aromatic rings. The molecule has 7 heteroatoms. The van der Waals surface area contributed by atoms with Crippen LogP contribution >= 0.6 is 0 Å². The SMILES string of the molecule is O=C(N[C@@H]1CCOC1)c1nn(-c2cccc(F)c2)cc1O.